The van der Waals surface area contributed by atoms with Gasteiger partial charge in [0.15, 0.2) is 5.82 Å². The van der Waals surface area contributed by atoms with E-state index in [-0.39, 0.29) is 6.04 Å². The average molecular weight is 462 g/mol. The summed E-state index contributed by atoms with van der Waals surface area (Å²) in [6.45, 7) is 9.20. The van der Waals surface area contributed by atoms with Crippen molar-refractivity contribution in [2.75, 3.05) is 38.2 Å². The third kappa shape index (κ3) is 3.78. The third-order valence-electron chi connectivity index (χ3n) is 7.80. The van der Waals surface area contributed by atoms with Crippen LogP contribution in [0.1, 0.15) is 45.6 Å². The molecule has 3 aliphatic heterocycles. The number of anilines is 1. The number of likely N-dealkylation sites (tertiary alicyclic amines) is 1. The SMILES string of the molecule is CC(C)n1ncnc1-c1cn2c(n1)-c1cc(N3CCCC3C3CCN(C)CC3)ccc1OCC2. The highest BCUT2D eigenvalue weighted by molar-refractivity contribution is 5.73. The van der Waals surface area contributed by atoms with Gasteiger partial charge in [0.2, 0.25) is 0 Å². The lowest BCUT2D eigenvalue weighted by Crippen LogP contribution is -2.41. The van der Waals surface area contributed by atoms with Crippen LogP contribution in [0, 0.1) is 5.92 Å². The van der Waals surface area contributed by atoms with E-state index in [1.54, 1.807) is 6.33 Å². The maximum Gasteiger partial charge on any atom is 0.178 e. The molecule has 180 valence electrons. The zero-order chi connectivity index (χ0) is 23.2. The Kier molecular flexibility index (Phi) is 5.56. The fourth-order valence-corrected chi connectivity index (χ4v) is 5.99. The minimum absolute atomic E-state index is 0.230. The maximum atomic E-state index is 6.14. The summed E-state index contributed by atoms with van der Waals surface area (Å²) in [5.41, 5.74) is 3.24. The van der Waals surface area contributed by atoms with Crippen molar-refractivity contribution < 1.29 is 4.74 Å². The van der Waals surface area contributed by atoms with Crippen LogP contribution < -0.4 is 9.64 Å². The summed E-state index contributed by atoms with van der Waals surface area (Å²) in [5.74, 6) is 3.47. The first-order chi connectivity index (χ1) is 16.6. The van der Waals surface area contributed by atoms with Crippen LogP contribution in [0.25, 0.3) is 22.9 Å². The van der Waals surface area contributed by atoms with Gasteiger partial charge >= 0.3 is 0 Å². The van der Waals surface area contributed by atoms with Gasteiger partial charge < -0.3 is 19.1 Å². The summed E-state index contributed by atoms with van der Waals surface area (Å²) in [5, 5.41) is 4.41. The van der Waals surface area contributed by atoms with Crippen LogP contribution in [0.2, 0.25) is 0 Å². The summed E-state index contributed by atoms with van der Waals surface area (Å²) in [7, 11) is 2.25. The van der Waals surface area contributed by atoms with E-state index < -0.39 is 0 Å². The second-order valence-corrected chi connectivity index (χ2v) is 10.3. The van der Waals surface area contributed by atoms with Crippen molar-refractivity contribution in [1.82, 2.24) is 29.2 Å². The summed E-state index contributed by atoms with van der Waals surface area (Å²) in [6, 6.07) is 7.58. The monoisotopic (exact) mass is 461 g/mol. The Morgan fingerprint density at radius 2 is 1.88 bits per heavy atom. The van der Waals surface area contributed by atoms with Crippen molar-refractivity contribution in [2.24, 2.45) is 5.92 Å². The molecule has 2 aromatic heterocycles. The topological polar surface area (TPSA) is 64.2 Å². The minimum atomic E-state index is 0.230. The molecule has 8 heteroatoms. The van der Waals surface area contributed by atoms with Crippen molar-refractivity contribution in [1.29, 1.82) is 0 Å². The molecule has 3 aliphatic rings. The fraction of sp³-hybridized carbons (Fsp3) is 0.577. The molecule has 0 N–H and O–H groups in total. The lowest BCUT2D eigenvalue weighted by molar-refractivity contribution is 0.199. The summed E-state index contributed by atoms with van der Waals surface area (Å²) in [4.78, 5) is 14.7. The molecule has 2 saturated heterocycles. The van der Waals surface area contributed by atoms with Crippen LogP contribution in [0.4, 0.5) is 5.69 Å². The van der Waals surface area contributed by atoms with Crippen LogP contribution in [0.3, 0.4) is 0 Å². The maximum absolute atomic E-state index is 6.14. The van der Waals surface area contributed by atoms with Crippen LogP contribution in [-0.2, 0) is 6.54 Å². The van der Waals surface area contributed by atoms with E-state index in [2.05, 4.69) is 69.7 Å². The second kappa shape index (κ2) is 8.73. The Hall–Kier alpha value is -2.87. The molecular weight excluding hydrogens is 426 g/mol. The molecule has 0 radical (unpaired) electrons. The Balaban J connectivity index is 1.35. The van der Waals surface area contributed by atoms with Gasteiger partial charge in [0.1, 0.15) is 30.2 Å². The molecule has 0 aliphatic carbocycles. The van der Waals surface area contributed by atoms with Crippen LogP contribution in [0.5, 0.6) is 5.75 Å². The first-order valence-electron chi connectivity index (χ1n) is 12.8. The van der Waals surface area contributed by atoms with Crippen molar-refractivity contribution in [3.05, 3.63) is 30.7 Å². The van der Waals surface area contributed by atoms with Crippen molar-refractivity contribution in [3.8, 4) is 28.7 Å². The van der Waals surface area contributed by atoms with E-state index >= 15 is 0 Å². The number of nitrogens with zero attached hydrogens (tertiary/aromatic N) is 7. The van der Waals surface area contributed by atoms with Crippen LogP contribution in [-0.4, -0.2) is 68.5 Å². The molecule has 34 heavy (non-hydrogen) atoms. The van der Waals surface area contributed by atoms with Crippen molar-refractivity contribution >= 4 is 5.69 Å². The number of imidazole rings is 1. The molecule has 8 nitrogen and oxygen atoms in total. The Morgan fingerprint density at radius 1 is 1.03 bits per heavy atom. The molecule has 0 spiro atoms. The highest BCUT2D eigenvalue weighted by Crippen LogP contribution is 2.40. The minimum Gasteiger partial charge on any atom is -0.491 e. The van der Waals surface area contributed by atoms with Gasteiger partial charge in [-0.2, -0.15) is 5.10 Å². The first kappa shape index (κ1) is 21.6. The van der Waals surface area contributed by atoms with Gasteiger partial charge in [0.25, 0.3) is 0 Å². The van der Waals surface area contributed by atoms with Crippen LogP contribution in [0.15, 0.2) is 30.7 Å². The third-order valence-corrected chi connectivity index (χ3v) is 7.80. The number of fused-ring (bicyclic) bond motifs is 3. The number of benzene rings is 1. The fourth-order valence-electron chi connectivity index (χ4n) is 5.99. The van der Waals surface area contributed by atoms with Gasteiger partial charge in [0.05, 0.1) is 12.1 Å². The largest absolute Gasteiger partial charge is 0.491 e. The second-order valence-electron chi connectivity index (χ2n) is 10.3. The molecule has 5 heterocycles. The highest BCUT2D eigenvalue weighted by atomic mass is 16.5. The standard InChI is InChI=1S/C26H35N7O/c1-18(2)33-26(27-17-28-33)22-16-31-13-14-34-24-7-6-20(15-21(24)25(31)29-22)32-10-4-5-23(32)19-8-11-30(3)12-9-19/h6-7,15-19,23H,4-5,8-14H2,1-3H3. The summed E-state index contributed by atoms with van der Waals surface area (Å²) in [6.07, 6.45) is 8.89. The number of hydrogen-bond donors (Lipinski definition) is 0. The Labute approximate surface area is 201 Å². The van der Waals surface area contributed by atoms with E-state index in [0.717, 1.165) is 47.7 Å². The van der Waals surface area contributed by atoms with Gasteiger partial charge in [-0.3, -0.25) is 0 Å². The molecule has 3 aromatic rings. The zero-order valence-corrected chi connectivity index (χ0v) is 20.5. The molecule has 6 rings (SSSR count). The zero-order valence-electron chi connectivity index (χ0n) is 20.5. The van der Waals surface area contributed by atoms with E-state index in [9.17, 15) is 0 Å². The van der Waals surface area contributed by atoms with Gasteiger partial charge in [-0.05, 0) is 83.8 Å². The van der Waals surface area contributed by atoms with Crippen molar-refractivity contribution in [3.63, 3.8) is 0 Å². The molecular formula is C26H35N7O. The number of piperidine rings is 1. The van der Waals surface area contributed by atoms with Crippen LogP contribution >= 0.6 is 0 Å². The van der Waals surface area contributed by atoms with Gasteiger partial charge in [-0.1, -0.05) is 0 Å². The lowest BCUT2D eigenvalue weighted by atomic mass is 9.88. The predicted octanol–water partition coefficient (Wildman–Crippen LogP) is 4.09. The quantitative estimate of drug-likeness (QED) is 0.583. The number of rotatable bonds is 4. The molecule has 2 fully saturated rings. The Morgan fingerprint density at radius 3 is 2.71 bits per heavy atom. The van der Waals surface area contributed by atoms with Crippen molar-refractivity contribution in [2.45, 2.75) is 58.2 Å². The van der Waals surface area contributed by atoms with Gasteiger partial charge in [0, 0.05) is 30.5 Å². The van der Waals surface area contributed by atoms with Gasteiger partial charge in [-0.15, -0.1) is 0 Å². The average Bonchev–Trinajstić information content (AvgIpc) is 3.58. The van der Waals surface area contributed by atoms with E-state index in [1.807, 2.05) is 4.68 Å². The Bertz CT molecular complexity index is 1160. The normalized spacial score (nSPS) is 21.4. The smallest absolute Gasteiger partial charge is 0.178 e. The van der Waals surface area contributed by atoms with Gasteiger partial charge in [-0.25, -0.2) is 14.6 Å². The number of aromatic nitrogens is 5. The highest BCUT2D eigenvalue weighted by Gasteiger charge is 2.34. The molecule has 0 amide bonds. The number of ether oxygens (including phenoxy) is 1. The lowest BCUT2D eigenvalue weighted by Gasteiger charge is -2.38. The van der Waals surface area contributed by atoms with E-state index in [1.165, 1.54) is 44.5 Å². The predicted molar refractivity (Wildman–Crippen MR) is 133 cm³/mol. The first-order valence-corrected chi connectivity index (χ1v) is 12.8. The van der Waals surface area contributed by atoms with E-state index in [0.29, 0.717) is 12.6 Å². The summed E-state index contributed by atoms with van der Waals surface area (Å²) >= 11 is 0. The number of hydrogen-bond acceptors (Lipinski definition) is 6. The molecule has 0 bridgehead atoms. The molecule has 0 saturated carbocycles. The molecule has 1 aromatic carbocycles. The van der Waals surface area contributed by atoms with E-state index in [4.69, 9.17) is 9.72 Å². The molecule has 1 unspecified atom stereocenters. The molecule has 1 atom stereocenters. The summed E-state index contributed by atoms with van der Waals surface area (Å²) < 4.78 is 10.3.